The molecule has 1 aromatic rings. The normalized spacial score (nSPS) is 19.1. The standard InChI is InChI=1S/C17H23Si/c1-13-14(2)17(3,4)12-16(13)18(5,6)15-10-8-7-9-11-15/h7-11H,1-6H3. The van der Waals surface area contributed by atoms with Crippen molar-refractivity contribution in [2.75, 3.05) is 0 Å². The van der Waals surface area contributed by atoms with Gasteiger partial charge >= 0.3 is 0 Å². The number of hydrogen-bond acceptors (Lipinski definition) is 0. The van der Waals surface area contributed by atoms with E-state index in [9.17, 15) is 0 Å². The maximum Gasteiger partial charge on any atom is 0.112 e. The highest BCUT2D eigenvalue weighted by Gasteiger charge is 2.37. The second kappa shape index (κ2) is 4.24. The number of benzene rings is 1. The zero-order valence-corrected chi connectivity index (χ0v) is 13.4. The molecule has 0 saturated heterocycles. The van der Waals surface area contributed by atoms with Crippen molar-refractivity contribution in [2.45, 2.75) is 40.8 Å². The fourth-order valence-corrected chi connectivity index (χ4v) is 5.84. The Labute approximate surface area is 112 Å². The van der Waals surface area contributed by atoms with Gasteiger partial charge < -0.3 is 0 Å². The summed E-state index contributed by atoms with van der Waals surface area (Å²) >= 11 is 0. The Kier molecular flexibility index (Phi) is 3.14. The lowest BCUT2D eigenvalue weighted by Crippen LogP contribution is -2.43. The molecule has 2 rings (SSSR count). The number of allylic oxidation sites excluding steroid dienone is 4. The molecule has 0 amide bonds. The molecule has 0 saturated carbocycles. The number of hydrogen-bond donors (Lipinski definition) is 0. The molecule has 0 aliphatic heterocycles. The fourth-order valence-electron chi connectivity index (χ4n) is 2.78. The minimum Gasteiger partial charge on any atom is -0.0626 e. The van der Waals surface area contributed by atoms with Crippen LogP contribution in [0.2, 0.25) is 13.1 Å². The van der Waals surface area contributed by atoms with Gasteiger partial charge in [-0.15, -0.1) is 0 Å². The molecular formula is C17H23Si. The third kappa shape index (κ3) is 2.01. The summed E-state index contributed by atoms with van der Waals surface area (Å²) in [6.07, 6.45) is 3.77. The Morgan fingerprint density at radius 2 is 1.56 bits per heavy atom. The molecule has 0 fully saturated rings. The first kappa shape index (κ1) is 13.4. The molecule has 0 N–H and O–H groups in total. The Hall–Kier alpha value is -1.08. The highest BCUT2D eigenvalue weighted by molar-refractivity contribution is 6.96. The summed E-state index contributed by atoms with van der Waals surface area (Å²) in [7, 11) is -1.59. The van der Waals surface area contributed by atoms with E-state index in [1.54, 1.807) is 0 Å². The van der Waals surface area contributed by atoms with E-state index in [4.69, 9.17) is 0 Å². The van der Waals surface area contributed by atoms with Crippen molar-refractivity contribution in [2.24, 2.45) is 5.41 Å². The molecule has 0 nitrogen and oxygen atoms in total. The monoisotopic (exact) mass is 255 g/mol. The zero-order valence-electron chi connectivity index (χ0n) is 12.4. The van der Waals surface area contributed by atoms with E-state index in [1.165, 1.54) is 21.5 Å². The van der Waals surface area contributed by atoms with Crippen LogP contribution in [0.4, 0.5) is 0 Å². The smallest absolute Gasteiger partial charge is 0.0626 e. The quantitative estimate of drug-likeness (QED) is 0.693. The van der Waals surface area contributed by atoms with Crippen LogP contribution in [0, 0.1) is 11.5 Å². The van der Waals surface area contributed by atoms with Gasteiger partial charge in [0.2, 0.25) is 0 Å². The lowest BCUT2D eigenvalue weighted by Gasteiger charge is -2.26. The lowest BCUT2D eigenvalue weighted by molar-refractivity contribution is 0.569. The van der Waals surface area contributed by atoms with Crippen LogP contribution in [0.3, 0.4) is 0 Å². The third-order valence-electron chi connectivity index (χ3n) is 4.43. The van der Waals surface area contributed by atoms with Gasteiger partial charge in [-0.25, -0.2) is 0 Å². The summed E-state index contributed by atoms with van der Waals surface area (Å²) in [6.45, 7) is 13.9. The molecule has 1 radical (unpaired) electrons. The van der Waals surface area contributed by atoms with Gasteiger partial charge in [0.05, 0.1) is 0 Å². The van der Waals surface area contributed by atoms with Crippen LogP contribution >= 0.6 is 0 Å². The van der Waals surface area contributed by atoms with Crippen molar-refractivity contribution >= 4 is 13.3 Å². The van der Waals surface area contributed by atoms with E-state index in [0.29, 0.717) is 0 Å². The van der Waals surface area contributed by atoms with Crippen LogP contribution in [0.15, 0.2) is 46.7 Å². The molecule has 18 heavy (non-hydrogen) atoms. The predicted octanol–water partition coefficient (Wildman–Crippen LogP) is 4.25. The van der Waals surface area contributed by atoms with Gasteiger partial charge in [0, 0.05) is 5.41 Å². The molecule has 0 heterocycles. The van der Waals surface area contributed by atoms with Gasteiger partial charge in [0.15, 0.2) is 0 Å². The van der Waals surface area contributed by atoms with E-state index >= 15 is 0 Å². The minimum atomic E-state index is -1.59. The van der Waals surface area contributed by atoms with Crippen LogP contribution < -0.4 is 5.19 Å². The average molecular weight is 255 g/mol. The van der Waals surface area contributed by atoms with Gasteiger partial charge in [-0.1, -0.05) is 73.6 Å². The molecule has 1 aliphatic rings. The van der Waals surface area contributed by atoms with Gasteiger partial charge in [-0.05, 0) is 25.1 Å². The van der Waals surface area contributed by atoms with Crippen LogP contribution in [0.25, 0.3) is 0 Å². The van der Waals surface area contributed by atoms with Gasteiger partial charge in [-0.3, -0.25) is 0 Å². The van der Waals surface area contributed by atoms with Crippen LogP contribution in [0.5, 0.6) is 0 Å². The summed E-state index contributed by atoms with van der Waals surface area (Å²) in [6, 6.07) is 10.9. The van der Waals surface area contributed by atoms with E-state index in [0.717, 1.165) is 0 Å². The van der Waals surface area contributed by atoms with E-state index in [1.807, 2.05) is 0 Å². The van der Waals surface area contributed by atoms with E-state index < -0.39 is 8.07 Å². The lowest BCUT2D eigenvalue weighted by atomic mass is 9.88. The Morgan fingerprint density at radius 3 is 2.00 bits per heavy atom. The Balaban J connectivity index is 2.51. The molecule has 0 unspecified atom stereocenters. The van der Waals surface area contributed by atoms with Crippen molar-refractivity contribution in [3.05, 3.63) is 52.8 Å². The summed E-state index contributed by atoms with van der Waals surface area (Å²) in [4.78, 5) is 0. The maximum absolute atomic E-state index is 3.77. The van der Waals surface area contributed by atoms with Crippen LogP contribution in [0.1, 0.15) is 27.7 Å². The average Bonchev–Trinajstić information content (AvgIpc) is 2.55. The van der Waals surface area contributed by atoms with Crippen LogP contribution in [-0.4, -0.2) is 8.07 Å². The molecular weight excluding hydrogens is 232 g/mol. The van der Waals surface area contributed by atoms with E-state index in [-0.39, 0.29) is 5.41 Å². The summed E-state index contributed by atoms with van der Waals surface area (Å²) in [5.74, 6) is 0. The molecule has 95 valence electrons. The summed E-state index contributed by atoms with van der Waals surface area (Å²) in [5, 5.41) is 2.99. The SMILES string of the molecule is CC1=C(C)C(C)(C)[C]=C1[Si](C)(C)c1ccccc1. The van der Waals surface area contributed by atoms with Crippen molar-refractivity contribution in [1.29, 1.82) is 0 Å². The van der Waals surface area contributed by atoms with Gasteiger partial charge in [0.25, 0.3) is 0 Å². The van der Waals surface area contributed by atoms with Crippen molar-refractivity contribution in [1.82, 2.24) is 0 Å². The van der Waals surface area contributed by atoms with E-state index in [2.05, 4.69) is 77.2 Å². The Bertz CT molecular complexity index is 516. The maximum atomic E-state index is 3.77. The Morgan fingerprint density at radius 1 is 1.00 bits per heavy atom. The molecule has 1 aliphatic carbocycles. The van der Waals surface area contributed by atoms with Crippen molar-refractivity contribution in [3.8, 4) is 0 Å². The third-order valence-corrected chi connectivity index (χ3v) is 7.96. The summed E-state index contributed by atoms with van der Waals surface area (Å²) in [5.41, 5.74) is 3.06. The molecule has 0 bridgehead atoms. The molecule has 1 heteroatoms. The number of rotatable bonds is 2. The minimum absolute atomic E-state index is 0.110. The van der Waals surface area contributed by atoms with Crippen LogP contribution in [-0.2, 0) is 0 Å². The molecule has 0 atom stereocenters. The molecule has 0 spiro atoms. The van der Waals surface area contributed by atoms with Crippen molar-refractivity contribution in [3.63, 3.8) is 0 Å². The first-order valence-electron chi connectivity index (χ1n) is 6.66. The molecule has 0 aromatic heterocycles. The second-order valence-corrected chi connectivity index (χ2v) is 10.7. The zero-order chi connectivity index (χ0) is 13.6. The van der Waals surface area contributed by atoms with Gasteiger partial charge in [-0.2, -0.15) is 0 Å². The first-order valence-corrected chi connectivity index (χ1v) is 9.66. The van der Waals surface area contributed by atoms with Crippen molar-refractivity contribution < 1.29 is 0 Å². The first-order chi connectivity index (χ1) is 8.27. The van der Waals surface area contributed by atoms with Gasteiger partial charge in [0.1, 0.15) is 8.07 Å². The largest absolute Gasteiger partial charge is 0.112 e. The molecule has 1 aromatic carbocycles. The summed E-state index contributed by atoms with van der Waals surface area (Å²) < 4.78 is 0. The second-order valence-electron chi connectivity index (χ2n) is 6.37. The fraction of sp³-hybridized carbons (Fsp3) is 0.412. The predicted molar refractivity (Wildman–Crippen MR) is 82.5 cm³/mol. The highest BCUT2D eigenvalue weighted by atomic mass is 28.3. The topological polar surface area (TPSA) is 0 Å². The highest BCUT2D eigenvalue weighted by Crippen LogP contribution is 2.42.